The van der Waals surface area contributed by atoms with Gasteiger partial charge in [0.2, 0.25) is 11.8 Å². The molecule has 1 fully saturated rings. The predicted molar refractivity (Wildman–Crippen MR) is 99.8 cm³/mol. The minimum absolute atomic E-state index is 0.0778. The van der Waals surface area contributed by atoms with Crippen LogP contribution in [0.3, 0.4) is 0 Å². The van der Waals surface area contributed by atoms with E-state index in [-0.39, 0.29) is 77.4 Å². The van der Waals surface area contributed by atoms with Crippen LogP contribution < -0.4 is 0 Å². The van der Waals surface area contributed by atoms with Gasteiger partial charge in [-0.3, -0.25) is 29.0 Å². The third-order valence-corrected chi connectivity index (χ3v) is 4.34. The standard InChI is InChI=1S/C19H26N2O9/c1-2-30-19(26)14(21-17(24)5-6-18(21)25)13-29-12-11-28-10-9-27-8-7-20-15(22)3-4-16(20)23/h3-4,14H,2,5-13H2,1H3. The second kappa shape index (κ2) is 12.2. The molecule has 2 aliphatic rings. The molecule has 2 rings (SSSR count). The summed E-state index contributed by atoms with van der Waals surface area (Å²) in [6, 6.07) is -1.10. The Balaban J connectivity index is 1.56. The summed E-state index contributed by atoms with van der Waals surface area (Å²) in [6.07, 6.45) is 2.59. The molecule has 4 amide bonds. The molecule has 0 bridgehead atoms. The van der Waals surface area contributed by atoms with Crippen LogP contribution in [0.1, 0.15) is 19.8 Å². The molecule has 0 aromatic rings. The Morgan fingerprint density at radius 3 is 2.00 bits per heavy atom. The van der Waals surface area contributed by atoms with Crippen LogP contribution in [0.15, 0.2) is 12.2 Å². The first-order valence-electron chi connectivity index (χ1n) is 9.74. The summed E-state index contributed by atoms with van der Waals surface area (Å²) in [5, 5.41) is 0. The van der Waals surface area contributed by atoms with E-state index in [0.29, 0.717) is 0 Å². The van der Waals surface area contributed by atoms with Crippen molar-refractivity contribution in [1.29, 1.82) is 0 Å². The monoisotopic (exact) mass is 426 g/mol. The van der Waals surface area contributed by atoms with Gasteiger partial charge in [-0.25, -0.2) is 4.79 Å². The minimum atomic E-state index is -1.10. The number of carbonyl (C=O) groups is 5. The predicted octanol–water partition coefficient (Wildman–Crippen LogP) is -0.958. The fourth-order valence-corrected chi connectivity index (χ4v) is 2.87. The van der Waals surface area contributed by atoms with E-state index in [1.165, 1.54) is 12.2 Å². The van der Waals surface area contributed by atoms with Gasteiger partial charge in [0, 0.05) is 25.0 Å². The second-order valence-electron chi connectivity index (χ2n) is 6.39. The molecule has 30 heavy (non-hydrogen) atoms. The number of ether oxygens (including phenoxy) is 4. The highest BCUT2D eigenvalue weighted by molar-refractivity contribution is 6.12. The van der Waals surface area contributed by atoms with Crippen LogP contribution in [0.5, 0.6) is 0 Å². The Labute approximate surface area is 173 Å². The number of rotatable bonds is 14. The maximum absolute atomic E-state index is 12.1. The first kappa shape index (κ1) is 23.6. The molecule has 0 aromatic heterocycles. The van der Waals surface area contributed by atoms with Gasteiger partial charge >= 0.3 is 5.97 Å². The number of likely N-dealkylation sites (tertiary alicyclic amines) is 1. The lowest BCUT2D eigenvalue weighted by atomic mass is 10.2. The van der Waals surface area contributed by atoms with Crippen LogP contribution in [0, 0.1) is 0 Å². The first-order valence-corrected chi connectivity index (χ1v) is 9.74. The third kappa shape index (κ3) is 6.71. The SMILES string of the molecule is CCOC(=O)C(COCCOCCOCCN1C(=O)C=CC1=O)N1C(=O)CCC1=O. The highest BCUT2D eigenvalue weighted by atomic mass is 16.6. The van der Waals surface area contributed by atoms with Gasteiger partial charge in [-0.15, -0.1) is 0 Å². The van der Waals surface area contributed by atoms with Crippen molar-refractivity contribution in [3.05, 3.63) is 12.2 Å². The number of hydrogen-bond acceptors (Lipinski definition) is 9. The molecule has 0 aliphatic carbocycles. The summed E-state index contributed by atoms with van der Waals surface area (Å²) in [5.74, 6) is -2.21. The lowest BCUT2D eigenvalue weighted by Gasteiger charge is -2.24. The molecule has 1 atom stereocenters. The number of imide groups is 2. The molecule has 2 aliphatic heterocycles. The van der Waals surface area contributed by atoms with Crippen molar-refractivity contribution < 1.29 is 42.9 Å². The first-order chi connectivity index (χ1) is 14.5. The minimum Gasteiger partial charge on any atom is -0.464 e. The molecule has 11 heteroatoms. The second-order valence-corrected chi connectivity index (χ2v) is 6.39. The highest BCUT2D eigenvalue weighted by Gasteiger charge is 2.39. The van der Waals surface area contributed by atoms with E-state index in [4.69, 9.17) is 18.9 Å². The zero-order valence-electron chi connectivity index (χ0n) is 16.9. The van der Waals surface area contributed by atoms with Crippen LogP contribution in [-0.2, 0) is 42.9 Å². The van der Waals surface area contributed by atoms with E-state index < -0.39 is 23.8 Å². The van der Waals surface area contributed by atoms with E-state index in [9.17, 15) is 24.0 Å². The van der Waals surface area contributed by atoms with Crippen molar-refractivity contribution in [2.45, 2.75) is 25.8 Å². The van der Waals surface area contributed by atoms with Crippen LogP contribution in [0.25, 0.3) is 0 Å². The topological polar surface area (TPSA) is 129 Å². The summed E-state index contributed by atoms with van der Waals surface area (Å²) in [4.78, 5) is 60.5. The number of amides is 4. The van der Waals surface area contributed by atoms with Crippen LogP contribution >= 0.6 is 0 Å². The van der Waals surface area contributed by atoms with Gasteiger partial charge in [0.05, 0.1) is 52.8 Å². The van der Waals surface area contributed by atoms with E-state index >= 15 is 0 Å². The quantitative estimate of drug-likeness (QED) is 0.196. The molecule has 0 saturated carbocycles. The van der Waals surface area contributed by atoms with Crippen molar-refractivity contribution in [3.8, 4) is 0 Å². The van der Waals surface area contributed by atoms with Gasteiger partial charge in [-0.2, -0.15) is 0 Å². The highest BCUT2D eigenvalue weighted by Crippen LogP contribution is 2.17. The molecule has 1 saturated heterocycles. The molecule has 0 spiro atoms. The van der Waals surface area contributed by atoms with Gasteiger partial charge in [-0.05, 0) is 6.92 Å². The van der Waals surface area contributed by atoms with Gasteiger partial charge in [0.1, 0.15) is 0 Å². The Bertz CT molecular complexity index is 657. The van der Waals surface area contributed by atoms with Gasteiger partial charge in [-0.1, -0.05) is 0 Å². The van der Waals surface area contributed by atoms with Gasteiger partial charge in [0.15, 0.2) is 6.04 Å². The van der Waals surface area contributed by atoms with E-state index in [1.807, 2.05) is 0 Å². The van der Waals surface area contributed by atoms with Crippen molar-refractivity contribution in [3.63, 3.8) is 0 Å². The van der Waals surface area contributed by atoms with Gasteiger partial charge < -0.3 is 18.9 Å². The zero-order chi connectivity index (χ0) is 21.9. The fraction of sp³-hybridized carbons (Fsp3) is 0.632. The molecular formula is C19H26N2O9. The largest absolute Gasteiger partial charge is 0.464 e. The average molecular weight is 426 g/mol. The summed E-state index contributed by atoms with van der Waals surface area (Å²) in [5.41, 5.74) is 0. The van der Waals surface area contributed by atoms with Crippen LogP contribution in [-0.4, -0.2) is 98.2 Å². The molecular weight excluding hydrogens is 400 g/mol. The summed E-state index contributed by atoms with van der Waals surface area (Å²) in [7, 11) is 0. The lowest BCUT2D eigenvalue weighted by Crippen LogP contribution is -2.48. The Hall–Kier alpha value is -2.63. The van der Waals surface area contributed by atoms with Crippen molar-refractivity contribution in [1.82, 2.24) is 9.80 Å². The fourth-order valence-electron chi connectivity index (χ4n) is 2.87. The molecule has 11 nitrogen and oxygen atoms in total. The Morgan fingerprint density at radius 2 is 1.43 bits per heavy atom. The Kier molecular flexibility index (Phi) is 9.58. The molecule has 0 radical (unpaired) electrons. The maximum Gasteiger partial charge on any atom is 0.331 e. The van der Waals surface area contributed by atoms with Crippen molar-refractivity contribution in [2.75, 3.05) is 52.8 Å². The molecule has 166 valence electrons. The van der Waals surface area contributed by atoms with Crippen LogP contribution in [0.4, 0.5) is 0 Å². The molecule has 2 heterocycles. The summed E-state index contributed by atoms with van der Waals surface area (Å²) < 4.78 is 21.0. The summed E-state index contributed by atoms with van der Waals surface area (Å²) in [6.45, 7) is 2.89. The Morgan fingerprint density at radius 1 is 0.900 bits per heavy atom. The van der Waals surface area contributed by atoms with Crippen molar-refractivity contribution >= 4 is 29.6 Å². The maximum atomic E-state index is 12.1. The summed E-state index contributed by atoms with van der Waals surface area (Å²) >= 11 is 0. The molecule has 0 N–H and O–H groups in total. The average Bonchev–Trinajstić information content (AvgIpc) is 3.21. The van der Waals surface area contributed by atoms with Crippen molar-refractivity contribution in [2.24, 2.45) is 0 Å². The van der Waals surface area contributed by atoms with E-state index in [0.717, 1.165) is 9.80 Å². The number of carbonyl (C=O) groups excluding carboxylic acids is 5. The third-order valence-electron chi connectivity index (χ3n) is 4.34. The lowest BCUT2D eigenvalue weighted by molar-refractivity contribution is -0.160. The molecule has 1 unspecified atom stereocenters. The molecule has 0 aromatic carbocycles. The number of hydrogen-bond donors (Lipinski definition) is 0. The number of esters is 1. The zero-order valence-corrected chi connectivity index (χ0v) is 16.9. The van der Waals surface area contributed by atoms with E-state index in [2.05, 4.69) is 0 Å². The van der Waals surface area contributed by atoms with Gasteiger partial charge in [0.25, 0.3) is 11.8 Å². The smallest absolute Gasteiger partial charge is 0.331 e. The number of nitrogens with zero attached hydrogens (tertiary/aromatic N) is 2. The normalized spacial score (nSPS) is 17.4. The van der Waals surface area contributed by atoms with Crippen LogP contribution in [0.2, 0.25) is 0 Å². The van der Waals surface area contributed by atoms with E-state index in [1.54, 1.807) is 6.92 Å².